The van der Waals surface area contributed by atoms with Gasteiger partial charge in [0.1, 0.15) is 0 Å². The highest BCUT2D eigenvalue weighted by molar-refractivity contribution is 5.70. The average Bonchev–Trinajstić information content (AvgIpc) is 2.54. The van der Waals surface area contributed by atoms with E-state index in [1.807, 2.05) is 6.92 Å². The van der Waals surface area contributed by atoms with E-state index in [-0.39, 0.29) is 5.97 Å². The van der Waals surface area contributed by atoms with Gasteiger partial charge in [0.15, 0.2) is 0 Å². The molecule has 0 amide bonds. The molecule has 0 spiro atoms. The minimum absolute atomic E-state index is 0.0459. The number of carbonyl (C=O) groups is 1. The van der Waals surface area contributed by atoms with Crippen LogP contribution in [-0.2, 0) is 9.53 Å². The fourth-order valence-electron chi connectivity index (χ4n) is 2.86. The Hall–Kier alpha value is -0.570. The Morgan fingerprint density at radius 2 is 1.82 bits per heavy atom. The number of ether oxygens (including phenoxy) is 1. The second-order valence-electron chi connectivity index (χ2n) is 5.29. The lowest BCUT2D eigenvalue weighted by Gasteiger charge is -2.31. The first-order valence-corrected chi connectivity index (χ1v) is 6.97. The van der Waals surface area contributed by atoms with Gasteiger partial charge in [0.05, 0.1) is 13.0 Å². The summed E-state index contributed by atoms with van der Waals surface area (Å²) >= 11 is 0. The van der Waals surface area contributed by atoms with Crippen molar-refractivity contribution in [1.29, 1.82) is 0 Å². The smallest absolute Gasteiger partial charge is 0.307 e. The third-order valence-corrected chi connectivity index (χ3v) is 3.79. The molecule has 0 heterocycles. The zero-order valence-electron chi connectivity index (χ0n) is 11.6. The van der Waals surface area contributed by atoms with Gasteiger partial charge in [0.25, 0.3) is 0 Å². The molecule has 1 rings (SSSR count). The predicted molar refractivity (Wildman–Crippen MR) is 69.9 cm³/mol. The van der Waals surface area contributed by atoms with Crippen LogP contribution in [0.15, 0.2) is 0 Å². The lowest BCUT2D eigenvalue weighted by molar-refractivity contribution is -0.144. The molecule has 0 aromatic carbocycles. The van der Waals surface area contributed by atoms with Crippen LogP contribution in [0.3, 0.4) is 0 Å². The first-order chi connectivity index (χ1) is 8.15. The molecule has 1 aliphatic carbocycles. The van der Waals surface area contributed by atoms with E-state index < -0.39 is 0 Å². The van der Waals surface area contributed by atoms with E-state index >= 15 is 0 Å². The summed E-state index contributed by atoms with van der Waals surface area (Å²) in [6.45, 7) is 2.36. The summed E-state index contributed by atoms with van der Waals surface area (Å²) in [6.07, 6.45) is 8.43. The molecule has 1 aliphatic rings. The van der Waals surface area contributed by atoms with Crippen molar-refractivity contribution in [3.63, 3.8) is 0 Å². The summed E-state index contributed by atoms with van der Waals surface area (Å²) < 4.78 is 5.08. The molecule has 100 valence electrons. The van der Waals surface area contributed by atoms with Crippen molar-refractivity contribution in [3.05, 3.63) is 0 Å². The summed E-state index contributed by atoms with van der Waals surface area (Å²) in [6, 6.07) is 0.354. The van der Waals surface area contributed by atoms with Gasteiger partial charge in [-0.15, -0.1) is 0 Å². The van der Waals surface area contributed by atoms with Crippen molar-refractivity contribution in [2.24, 2.45) is 5.92 Å². The standard InChI is InChI=1S/C14H27NO2/c1-4-17-14(16)11-13(15(2)3)12-9-7-5-6-8-10-12/h12-13H,4-11H2,1-3H3. The minimum atomic E-state index is -0.0459. The van der Waals surface area contributed by atoms with Crippen LogP contribution >= 0.6 is 0 Å². The summed E-state index contributed by atoms with van der Waals surface area (Å²) in [7, 11) is 4.16. The number of rotatable bonds is 5. The fourth-order valence-corrected chi connectivity index (χ4v) is 2.86. The third-order valence-electron chi connectivity index (χ3n) is 3.79. The molecule has 1 atom stereocenters. The van der Waals surface area contributed by atoms with Gasteiger partial charge >= 0.3 is 5.97 Å². The van der Waals surface area contributed by atoms with Gasteiger partial charge < -0.3 is 9.64 Å². The number of nitrogens with zero attached hydrogens (tertiary/aromatic N) is 1. The lowest BCUT2D eigenvalue weighted by Crippen LogP contribution is -2.37. The summed E-state index contributed by atoms with van der Waals surface area (Å²) in [4.78, 5) is 13.8. The van der Waals surface area contributed by atoms with E-state index in [9.17, 15) is 4.79 Å². The van der Waals surface area contributed by atoms with Crippen LogP contribution in [0.2, 0.25) is 0 Å². The molecule has 0 aromatic heterocycles. The van der Waals surface area contributed by atoms with Crippen LogP contribution < -0.4 is 0 Å². The second kappa shape index (κ2) is 7.70. The largest absolute Gasteiger partial charge is 0.466 e. The van der Waals surface area contributed by atoms with E-state index in [1.54, 1.807) is 0 Å². The SMILES string of the molecule is CCOC(=O)CC(C1CCCCCC1)N(C)C. The fraction of sp³-hybridized carbons (Fsp3) is 0.929. The maximum Gasteiger partial charge on any atom is 0.307 e. The van der Waals surface area contributed by atoms with E-state index in [0.29, 0.717) is 25.0 Å². The normalized spacial score (nSPS) is 20.0. The van der Waals surface area contributed by atoms with Crippen LogP contribution in [0.4, 0.5) is 0 Å². The van der Waals surface area contributed by atoms with Crippen molar-refractivity contribution in [2.75, 3.05) is 20.7 Å². The molecule has 1 fully saturated rings. The van der Waals surface area contributed by atoms with Gasteiger partial charge in [-0.1, -0.05) is 25.7 Å². The van der Waals surface area contributed by atoms with Crippen molar-refractivity contribution in [2.45, 2.75) is 57.9 Å². The van der Waals surface area contributed by atoms with Gasteiger partial charge in [-0.3, -0.25) is 4.79 Å². The van der Waals surface area contributed by atoms with E-state index in [0.717, 1.165) is 0 Å². The van der Waals surface area contributed by atoms with Crippen molar-refractivity contribution < 1.29 is 9.53 Å². The molecular formula is C14H27NO2. The van der Waals surface area contributed by atoms with Gasteiger partial charge in [-0.25, -0.2) is 0 Å². The Balaban J connectivity index is 2.53. The van der Waals surface area contributed by atoms with Gasteiger partial charge in [0, 0.05) is 6.04 Å². The maximum absolute atomic E-state index is 11.6. The first kappa shape index (κ1) is 14.5. The van der Waals surface area contributed by atoms with E-state index in [2.05, 4.69) is 19.0 Å². The van der Waals surface area contributed by atoms with E-state index in [4.69, 9.17) is 4.74 Å². The summed E-state index contributed by atoms with van der Waals surface area (Å²) in [5.74, 6) is 0.618. The van der Waals surface area contributed by atoms with Crippen LogP contribution in [0, 0.1) is 5.92 Å². The number of carbonyl (C=O) groups excluding carboxylic acids is 1. The summed E-state index contributed by atoms with van der Waals surface area (Å²) in [5.41, 5.74) is 0. The molecule has 0 N–H and O–H groups in total. The first-order valence-electron chi connectivity index (χ1n) is 6.97. The van der Waals surface area contributed by atoms with Crippen molar-refractivity contribution in [1.82, 2.24) is 4.90 Å². The highest BCUT2D eigenvalue weighted by atomic mass is 16.5. The number of hydrogen-bond donors (Lipinski definition) is 0. The zero-order chi connectivity index (χ0) is 12.7. The molecule has 1 unspecified atom stereocenters. The second-order valence-corrected chi connectivity index (χ2v) is 5.29. The molecule has 3 nitrogen and oxygen atoms in total. The lowest BCUT2D eigenvalue weighted by atomic mass is 9.89. The Kier molecular flexibility index (Phi) is 6.56. The molecule has 0 bridgehead atoms. The number of hydrogen-bond acceptors (Lipinski definition) is 3. The van der Waals surface area contributed by atoms with Crippen molar-refractivity contribution >= 4 is 5.97 Å². The highest BCUT2D eigenvalue weighted by Crippen LogP contribution is 2.29. The predicted octanol–water partition coefficient (Wildman–Crippen LogP) is 2.84. The van der Waals surface area contributed by atoms with Gasteiger partial charge in [-0.05, 0) is 39.8 Å². The molecule has 0 saturated heterocycles. The van der Waals surface area contributed by atoms with Crippen LogP contribution in [0.25, 0.3) is 0 Å². The van der Waals surface area contributed by atoms with Crippen LogP contribution in [0.1, 0.15) is 51.9 Å². The monoisotopic (exact) mass is 241 g/mol. The Labute approximate surface area is 106 Å². The quantitative estimate of drug-likeness (QED) is 0.547. The third kappa shape index (κ3) is 5.07. The van der Waals surface area contributed by atoms with Crippen LogP contribution in [-0.4, -0.2) is 37.6 Å². The van der Waals surface area contributed by atoms with Crippen LogP contribution in [0.5, 0.6) is 0 Å². The van der Waals surface area contributed by atoms with Gasteiger partial charge in [-0.2, -0.15) is 0 Å². The van der Waals surface area contributed by atoms with Crippen molar-refractivity contribution in [3.8, 4) is 0 Å². The molecule has 0 aliphatic heterocycles. The van der Waals surface area contributed by atoms with Gasteiger partial charge in [0.2, 0.25) is 0 Å². The zero-order valence-corrected chi connectivity index (χ0v) is 11.6. The Bertz CT molecular complexity index is 220. The topological polar surface area (TPSA) is 29.5 Å². The minimum Gasteiger partial charge on any atom is -0.466 e. The molecule has 0 radical (unpaired) electrons. The molecule has 17 heavy (non-hydrogen) atoms. The molecular weight excluding hydrogens is 214 g/mol. The number of esters is 1. The highest BCUT2D eigenvalue weighted by Gasteiger charge is 2.26. The maximum atomic E-state index is 11.6. The molecule has 3 heteroatoms. The Morgan fingerprint density at radius 3 is 2.29 bits per heavy atom. The molecule has 0 aromatic rings. The van der Waals surface area contributed by atoms with E-state index in [1.165, 1.54) is 38.5 Å². The molecule has 1 saturated carbocycles. The Morgan fingerprint density at radius 1 is 1.24 bits per heavy atom. The average molecular weight is 241 g/mol. The summed E-state index contributed by atoms with van der Waals surface area (Å²) in [5, 5.41) is 0.